The molecule has 1 aromatic heterocycles. The number of aliphatic hydroxyl groups is 3. The second kappa shape index (κ2) is 8.57. The first-order valence-electron chi connectivity index (χ1n) is 10.8. The van der Waals surface area contributed by atoms with Crippen LogP contribution in [0.4, 0.5) is 0 Å². The summed E-state index contributed by atoms with van der Waals surface area (Å²) in [5.74, 6) is 0.695. The number of aromatic nitrogens is 1. The quantitative estimate of drug-likeness (QED) is 0.492. The van der Waals surface area contributed by atoms with Crippen molar-refractivity contribution in [3.05, 3.63) is 75.3 Å². The fraction of sp³-hybridized carbons (Fsp3) is 0.417. The van der Waals surface area contributed by atoms with Crippen LogP contribution < -0.4 is 0 Å². The van der Waals surface area contributed by atoms with E-state index in [9.17, 15) is 20.2 Å². The zero-order chi connectivity index (χ0) is 22.4. The summed E-state index contributed by atoms with van der Waals surface area (Å²) in [7, 11) is 0. The van der Waals surface area contributed by atoms with Crippen LogP contribution in [0.3, 0.4) is 0 Å². The fourth-order valence-corrected chi connectivity index (χ4v) is 4.91. The molecule has 0 radical (unpaired) electrons. The molecular weight excluding hydrogens is 432 g/mol. The van der Waals surface area contributed by atoms with Crippen LogP contribution >= 0.6 is 11.6 Å². The van der Waals surface area contributed by atoms with Crippen molar-refractivity contribution in [2.45, 2.75) is 55.8 Å². The molecule has 5 unspecified atom stereocenters. The maximum absolute atomic E-state index is 10.8. The number of hydrogen-bond acceptors (Lipinski definition) is 6. The third-order valence-electron chi connectivity index (χ3n) is 6.52. The Morgan fingerprint density at radius 1 is 1.03 bits per heavy atom. The summed E-state index contributed by atoms with van der Waals surface area (Å²) < 4.78 is 7.55. The zero-order valence-corrected chi connectivity index (χ0v) is 18.1. The maximum atomic E-state index is 10.8. The summed E-state index contributed by atoms with van der Waals surface area (Å²) in [6.45, 7) is -0.332. The molecule has 5 atom stereocenters. The van der Waals surface area contributed by atoms with Crippen LogP contribution in [0, 0.1) is 4.91 Å². The summed E-state index contributed by atoms with van der Waals surface area (Å²) in [4.78, 5) is 10.8. The lowest BCUT2D eigenvalue weighted by molar-refractivity contribution is -0.240. The first-order valence-corrected chi connectivity index (χ1v) is 11.2. The van der Waals surface area contributed by atoms with Crippen molar-refractivity contribution in [1.82, 2.24) is 4.57 Å². The summed E-state index contributed by atoms with van der Waals surface area (Å²) in [6, 6.07) is 14.1. The van der Waals surface area contributed by atoms with Crippen LogP contribution in [-0.4, -0.2) is 50.8 Å². The van der Waals surface area contributed by atoms with Gasteiger partial charge in [-0.2, -0.15) is 4.91 Å². The number of fused-ring (bicyclic) bond motifs is 1. The number of hydrogen-bond donors (Lipinski definition) is 3. The Labute approximate surface area is 190 Å². The highest BCUT2D eigenvalue weighted by molar-refractivity contribution is 6.35. The van der Waals surface area contributed by atoms with Crippen LogP contribution in [0.25, 0.3) is 10.9 Å². The van der Waals surface area contributed by atoms with E-state index in [1.807, 2.05) is 18.3 Å². The van der Waals surface area contributed by atoms with E-state index < -0.39 is 30.6 Å². The van der Waals surface area contributed by atoms with Gasteiger partial charge in [0.2, 0.25) is 0 Å². The molecule has 2 heterocycles. The SMILES string of the molecule is O=NCC1OC(n2cc(Cc3ccc(C4CC4)cc3)c3c(Cl)cccc32)C(O)C(O)C1O. The normalized spacial score (nSPS) is 28.2. The molecule has 3 N–H and O–H groups in total. The molecule has 0 amide bonds. The second-order valence-electron chi connectivity index (χ2n) is 8.74. The summed E-state index contributed by atoms with van der Waals surface area (Å²) >= 11 is 6.56. The van der Waals surface area contributed by atoms with Crippen molar-refractivity contribution in [3.8, 4) is 0 Å². The van der Waals surface area contributed by atoms with Gasteiger partial charge in [0.15, 0.2) is 6.23 Å². The molecule has 8 heteroatoms. The lowest BCUT2D eigenvalue weighted by Gasteiger charge is -2.40. The van der Waals surface area contributed by atoms with Crippen molar-refractivity contribution < 1.29 is 20.1 Å². The Bertz CT molecular complexity index is 1130. The molecule has 2 aromatic carbocycles. The summed E-state index contributed by atoms with van der Waals surface area (Å²) in [5.41, 5.74) is 4.19. The number of aliphatic hydroxyl groups excluding tert-OH is 3. The van der Waals surface area contributed by atoms with Crippen LogP contribution in [0.5, 0.6) is 0 Å². The number of benzene rings is 2. The Hall–Kier alpha value is -2.29. The number of nitrogens with zero attached hydrogens (tertiary/aromatic N) is 2. The molecule has 2 fully saturated rings. The monoisotopic (exact) mass is 456 g/mol. The minimum atomic E-state index is -1.48. The van der Waals surface area contributed by atoms with Gasteiger partial charge >= 0.3 is 0 Å². The minimum Gasteiger partial charge on any atom is -0.388 e. The number of ether oxygens (including phenoxy) is 1. The fourth-order valence-electron chi connectivity index (χ4n) is 4.62. The van der Waals surface area contributed by atoms with Gasteiger partial charge in [0.25, 0.3) is 0 Å². The van der Waals surface area contributed by atoms with Crippen molar-refractivity contribution in [1.29, 1.82) is 0 Å². The number of rotatable bonds is 6. The standard InChI is InChI=1S/C24H25ClN2O5/c25-17-2-1-3-18-20(17)16(10-13-4-6-14(7-5-13)15-8-9-15)12-27(18)24-23(30)22(29)21(28)19(32-24)11-26-31/h1-7,12,15,19,21-24,28-30H,8-11H2. The van der Waals surface area contributed by atoms with Gasteiger partial charge in [-0.15, -0.1) is 0 Å². The minimum absolute atomic E-state index is 0.332. The summed E-state index contributed by atoms with van der Waals surface area (Å²) in [6.07, 6.45) is -1.31. The second-order valence-corrected chi connectivity index (χ2v) is 9.14. The van der Waals surface area contributed by atoms with Crippen molar-refractivity contribution in [3.63, 3.8) is 0 Å². The van der Waals surface area contributed by atoms with E-state index in [0.29, 0.717) is 17.4 Å². The van der Waals surface area contributed by atoms with E-state index in [4.69, 9.17) is 16.3 Å². The van der Waals surface area contributed by atoms with Gasteiger partial charge in [-0.1, -0.05) is 47.1 Å². The lowest BCUT2D eigenvalue weighted by Crippen LogP contribution is -2.56. The molecule has 0 bridgehead atoms. The van der Waals surface area contributed by atoms with Gasteiger partial charge < -0.3 is 24.6 Å². The highest BCUT2D eigenvalue weighted by atomic mass is 35.5. The Balaban J connectivity index is 1.52. The molecular formula is C24H25ClN2O5. The van der Waals surface area contributed by atoms with Gasteiger partial charge in [-0.25, -0.2) is 0 Å². The molecule has 2 aliphatic rings. The van der Waals surface area contributed by atoms with E-state index in [2.05, 4.69) is 29.4 Å². The van der Waals surface area contributed by atoms with Crippen LogP contribution in [-0.2, 0) is 11.2 Å². The van der Waals surface area contributed by atoms with Crippen LogP contribution in [0.2, 0.25) is 5.02 Å². The van der Waals surface area contributed by atoms with Crippen molar-refractivity contribution in [2.75, 3.05) is 6.54 Å². The van der Waals surface area contributed by atoms with Gasteiger partial charge in [0.1, 0.15) is 31.0 Å². The van der Waals surface area contributed by atoms with Crippen LogP contribution in [0.15, 0.2) is 53.8 Å². The van der Waals surface area contributed by atoms with E-state index in [-0.39, 0.29) is 6.54 Å². The van der Waals surface area contributed by atoms with E-state index >= 15 is 0 Å². The third kappa shape index (κ3) is 3.84. The highest BCUT2D eigenvalue weighted by Gasteiger charge is 2.45. The lowest BCUT2D eigenvalue weighted by atomic mass is 9.98. The molecule has 5 rings (SSSR count). The topological polar surface area (TPSA) is 104 Å². The molecule has 0 spiro atoms. The van der Waals surface area contributed by atoms with Crippen molar-refractivity contribution >= 4 is 22.5 Å². The van der Waals surface area contributed by atoms with E-state index in [1.54, 1.807) is 10.6 Å². The van der Waals surface area contributed by atoms with E-state index in [0.717, 1.165) is 22.0 Å². The molecule has 1 saturated heterocycles. The molecule has 1 aliphatic heterocycles. The summed E-state index contributed by atoms with van der Waals surface area (Å²) in [5, 5.41) is 35.4. The average molecular weight is 457 g/mol. The van der Waals surface area contributed by atoms with E-state index in [1.165, 1.54) is 18.4 Å². The smallest absolute Gasteiger partial charge is 0.163 e. The molecule has 1 aliphatic carbocycles. The van der Waals surface area contributed by atoms with Gasteiger partial charge in [-0.05, 0) is 54.0 Å². The third-order valence-corrected chi connectivity index (χ3v) is 6.84. The molecule has 7 nitrogen and oxygen atoms in total. The Morgan fingerprint density at radius 2 is 1.78 bits per heavy atom. The predicted molar refractivity (Wildman–Crippen MR) is 121 cm³/mol. The number of halogens is 1. The molecule has 3 aromatic rings. The van der Waals surface area contributed by atoms with Crippen LogP contribution in [0.1, 0.15) is 41.7 Å². The molecule has 32 heavy (non-hydrogen) atoms. The zero-order valence-electron chi connectivity index (χ0n) is 17.3. The first kappa shape index (κ1) is 21.6. The Morgan fingerprint density at radius 3 is 2.47 bits per heavy atom. The largest absolute Gasteiger partial charge is 0.388 e. The van der Waals surface area contributed by atoms with Gasteiger partial charge in [0.05, 0.1) is 10.5 Å². The van der Waals surface area contributed by atoms with Gasteiger partial charge in [0, 0.05) is 11.6 Å². The molecule has 1 saturated carbocycles. The number of nitroso groups, excluding NO2 is 1. The maximum Gasteiger partial charge on any atom is 0.163 e. The molecule has 168 valence electrons. The van der Waals surface area contributed by atoms with Gasteiger partial charge in [-0.3, -0.25) is 0 Å². The Kier molecular flexibility index (Phi) is 5.77. The first-order chi connectivity index (χ1) is 15.5. The predicted octanol–water partition coefficient (Wildman–Crippen LogP) is 3.51. The average Bonchev–Trinajstić information content (AvgIpc) is 3.58. The highest BCUT2D eigenvalue weighted by Crippen LogP contribution is 2.40. The van der Waals surface area contributed by atoms with Crippen molar-refractivity contribution in [2.24, 2.45) is 5.18 Å².